The van der Waals surface area contributed by atoms with Crippen molar-refractivity contribution in [1.29, 1.82) is 0 Å². The molecule has 1 rings (SSSR count). The Balaban J connectivity index is 2.85. The summed E-state index contributed by atoms with van der Waals surface area (Å²) in [7, 11) is 1.47. The Bertz CT molecular complexity index is 394. The molecule has 0 aliphatic heterocycles. The number of rotatable bonds is 6. The molecule has 0 amide bonds. The van der Waals surface area contributed by atoms with Crippen LogP contribution in [0.4, 0.5) is 22.0 Å². The molecule has 7 heteroatoms. The molecule has 0 saturated heterocycles. The van der Waals surface area contributed by atoms with Crippen LogP contribution < -0.4 is 10.1 Å². The zero-order valence-electron chi connectivity index (χ0n) is 10.2. The molecule has 0 saturated carbocycles. The summed E-state index contributed by atoms with van der Waals surface area (Å²) >= 11 is 0. The first kappa shape index (κ1) is 15.7. The van der Waals surface area contributed by atoms with Gasteiger partial charge in [-0.25, -0.2) is 0 Å². The van der Waals surface area contributed by atoms with E-state index in [2.05, 4.69) is 10.1 Å². The molecule has 19 heavy (non-hydrogen) atoms. The number of halogens is 5. The molecule has 0 fully saturated rings. The molecule has 0 heterocycles. The van der Waals surface area contributed by atoms with Crippen LogP contribution in [0, 0.1) is 0 Å². The Labute approximate surface area is 107 Å². The third-order valence-electron chi connectivity index (χ3n) is 2.58. The van der Waals surface area contributed by atoms with E-state index in [9.17, 15) is 22.0 Å². The molecule has 0 spiro atoms. The van der Waals surface area contributed by atoms with Gasteiger partial charge in [-0.1, -0.05) is 18.2 Å². The van der Waals surface area contributed by atoms with E-state index in [1.165, 1.54) is 25.2 Å². The largest absolute Gasteiger partial charge is 0.434 e. The van der Waals surface area contributed by atoms with Crippen LogP contribution in [-0.4, -0.2) is 19.8 Å². The van der Waals surface area contributed by atoms with Gasteiger partial charge in [-0.2, -0.15) is 22.0 Å². The standard InChI is InChI=1S/C12H14F5NO/c1-18-9(6-7-12(15,16)17)8-4-2-3-5-10(8)19-11(13)14/h2-5,9,11,18H,6-7H2,1H3. The Kier molecular flexibility index (Phi) is 5.53. The first-order chi connectivity index (χ1) is 8.83. The highest BCUT2D eigenvalue weighted by molar-refractivity contribution is 5.36. The number of alkyl halides is 5. The van der Waals surface area contributed by atoms with Gasteiger partial charge in [0.05, 0.1) is 0 Å². The average molecular weight is 283 g/mol. The van der Waals surface area contributed by atoms with E-state index in [1.54, 1.807) is 6.07 Å². The molecule has 0 aromatic heterocycles. The van der Waals surface area contributed by atoms with Gasteiger partial charge in [-0.3, -0.25) is 0 Å². The normalized spacial score (nSPS) is 13.6. The summed E-state index contributed by atoms with van der Waals surface area (Å²) in [5, 5.41) is 2.68. The molecular formula is C12H14F5NO. The molecule has 1 aromatic carbocycles. The van der Waals surface area contributed by atoms with E-state index < -0.39 is 25.3 Å². The maximum absolute atomic E-state index is 12.2. The molecule has 1 N–H and O–H groups in total. The van der Waals surface area contributed by atoms with Gasteiger partial charge in [0, 0.05) is 18.0 Å². The summed E-state index contributed by atoms with van der Waals surface area (Å²) in [6.07, 6.45) is -5.53. The molecule has 0 aliphatic rings. The third kappa shape index (κ3) is 5.42. The van der Waals surface area contributed by atoms with Crippen LogP contribution >= 0.6 is 0 Å². The molecule has 1 atom stereocenters. The van der Waals surface area contributed by atoms with E-state index in [4.69, 9.17) is 0 Å². The van der Waals surface area contributed by atoms with Gasteiger partial charge in [-0.15, -0.1) is 0 Å². The molecule has 1 unspecified atom stereocenters. The van der Waals surface area contributed by atoms with Crippen LogP contribution in [0.1, 0.15) is 24.4 Å². The fourth-order valence-electron chi connectivity index (χ4n) is 1.74. The summed E-state index contributed by atoms with van der Waals surface area (Å²) in [5.41, 5.74) is 0.287. The van der Waals surface area contributed by atoms with Crippen molar-refractivity contribution < 1.29 is 26.7 Å². The lowest BCUT2D eigenvalue weighted by Gasteiger charge is -2.20. The average Bonchev–Trinajstić information content (AvgIpc) is 2.29. The van der Waals surface area contributed by atoms with Gasteiger partial charge in [0.15, 0.2) is 0 Å². The Hall–Kier alpha value is -1.37. The minimum absolute atomic E-state index is 0.112. The fourth-order valence-corrected chi connectivity index (χ4v) is 1.74. The van der Waals surface area contributed by atoms with Crippen molar-refractivity contribution in [2.45, 2.75) is 31.7 Å². The van der Waals surface area contributed by atoms with Crippen molar-refractivity contribution in [3.63, 3.8) is 0 Å². The van der Waals surface area contributed by atoms with Crippen LogP contribution in [0.2, 0.25) is 0 Å². The van der Waals surface area contributed by atoms with Gasteiger partial charge < -0.3 is 10.1 Å². The van der Waals surface area contributed by atoms with Gasteiger partial charge in [0.2, 0.25) is 0 Å². The van der Waals surface area contributed by atoms with Gasteiger partial charge in [-0.05, 0) is 19.5 Å². The van der Waals surface area contributed by atoms with Gasteiger partial charge in [0.1, 0.15) is 5.75 Å². The van der Waals surface area contributed by atoms with Crippen LogP contribution in [0.25, 0.3) is 0 Å². The second kappa shape index (κ2) is 6.70. The maximum atomic E-state index is 12.2. The molecule has 1 aromatic rings. The lowest BCUT2D eigenvalue weighted by Crippen LogP contribution is -2.20. The number of hydrogen-bond donors (Lipinski definition) is 1. The van der Waals surface area contributed by atoms with Crippen molar-refractivity contribution in [2.24, 2.45) is 0 Å². The van der Waals surface area contributed by atoms with Gasteiger partial charge >= 0.3 is 12.8 Å². The highest BCUT2D eigenvalue weighted by Crippen LogP contribution is 2.32. The molecule has 0 bridgehead atoms. The number of ether oxygens (including phenoxy) is 1. The van der Waals surface area contributed by atoms with Crippen molar-refractivity contribution in [2.75, 3.05) is 7.05 Å². The van der Waals surface area contributed by atoms with Crippen molar-refractivity contribution in [3.8, 4) is 5.75 Å². The Morgan fingerprint density at radius 1 is 1.21 bits per heavy atom. The SMILES string of the molecule is CNC(CCC(F)(F)F)c1ccccc1OC(F)F. The van der Waals surface area contributed by atoms with Crippen LogP contribution in [0.5, 0.6) is 5.75 Å². The van der Waals surface area contributed by atoms with Crippen LogP contribution in [-0.2, 0) is 0 Å². The quantitative estimate of drug-likeness (QED) is 0.800. The van der Waals surface area contributed by atoms with Crippen molar-refractivity contribution >= 4 is 0 Å². The smallest absolute Gasteiger partial charge is 0.389 e. The van der Waals surface area contributed by atoms with E-state index in [-0.39, 0.29) is 17.7 Å². The lowest BCUT2D eigenvalue weighted by atomic mass is 10.0. The highest BCUT2D eigenvalue weighted by atomic mass is 19.4. The molecule has 0 aliphatic carbocycles. The zero-order valence-corrected chi connectivity index (χ0v) is 10.2. The molecule has 2 nitrogen and oxygen atoms in total. The fraction of sp³-hybridized carbons (Fsp3) is 0.500. The minimum atomic E-state index is -4.28. The summed E-state index contributed by atoms with van der Waals surface area (Å²) in [6.45, 7) is -3.01. The minimum Gasteiger partial charge on any atom is -0.434 e. The predicted octanol–water partition coefficient (Wildman–Crippen LogP) is 3.89. The number of benzene rings is 1. The van der Waals surface area contributed by atoms with Crippen LogP contribution in [0.3, 0.4) is 0 Å². The summed E-state index contributed by atoms with van der Waals surface area (Å²) in [5.74, 6) is -0.112. The second-order valence-electron chi connectivity index (χ2n) is 3.91. The first-order valence-corrected chi connectivity index (χ1v) is 5.61. The summed E-state index contributed by atoms with van der Waals surface area (Å²) in [4.78, 5) is 0. The summed E-state index contributed by atoms with van der Waals surface area (Å²) in [6, 6.07) is 5.12. The highest BCUT2D eigenvalue weighted by Gasteiger charge is 2.29. The zero-order chi connectivity index (χ0) is 14.5. The summed E-state index contributed by atoms with van der Waals surface area (Å²) < 4.78 is 65.3. The maximum Gasteiger partial charge on any atom is 0.389 e. The van der Waals surface area contributed by atoms with Crippen LogP contribution in [0.15, 0.2) is 24.3 Å². The van der Waals surface area contributed by atoms with Crippen molar-refractivity contribution in [3.05, 3.63) is 29.8 Å². The number of para-hydroxylation sites is 1. The van der Waals surface area contributed by atoms with Gasteiger partial charge in [0.25, 0.3) is 0 Å². The van der Waals surface area contributed by atoms with E-state index in [1.807, 2.05) is 0 Å². The van der Waals surface area contributed by atoms with E-state index in [0.717, 1.165) is 0 Å². The first-order valence-electron chi connectivity index (χ1n) is 5.61. The predicted molar refractivity (Wildman–Crippen MR) is 60.2 cm³/mol. The Morgan fingerprint density at radius 3 is 2.37 bits per heavy atom. The third-order valence-corrected chi connectivity index (χ3v) is 2.58. The van der Waals surface area contributed by atoms with E-state index in [0.29, 0.717) is 0 Å². The van der Waals surface area contributed by atoms with Crippen molar-refractivity contribution in [1.82, 2.24) is 5.32 Å². The number of hydrogen-bond acceptors (Lipinski definition) is 2. The lowest BCUT2D eigenvalue weighted by molar-refractivity contribution is -0.136. The Morgan fingerprint density at radius 2 is 1.84 bits per heavy atom. The monoisotopic (exact) mass is 283 g/mol. The topological polar surface area (TPSA) is 21.3 Å². The molecule has 108 valence electrons. The second-order valence-corrected chi connectivity index (χ2v) is 3.91. The number of nitrogens with one attached hydrogen (secondary N) is 1. The molecular weight excluding hydrogens is 269 g/mol. The molecule has 0 radical (unpaired) electrons. The van der Waals surface area contributed by atoms with E-state index >= 15 is 0 Å².